The highest BCUT2D eigenvalue weighted by molar-refractivity contribution is 5.75. The summed E-state index contributed by atoms with van der Waals surface area (Å²) >= 11 is 0. The van der Waals surface area contributed by atoms with E-state index >= 15 is 0 Å². The maximum atomic E-state index is 4.87. The van der Waals surface area contributed by atoms with Crippen LogP contribution in [0.3, 0.4) is 0 Å². The minimum absolute atomic E-state index is 0.203. The molecule has 96 valence electrons. The van der Waals surface area contributed by atoms with Crippen LogP contribution >= 0.6 is 0 Å². The Balaban J connectivity index is 2.21. The second-order valence-corrected chi connectivity index (χ2v) is 5.10. The van der Waals surface area contributed by atoms with Gasteiger partial charge >= 0.3 is 0 Å². The molecule has 0 aliphatic carbocycles. The Kier molecular flexibility index (Phi) is 2.82. The fraction of sp³-hybridized carbons (Fsp3) is 0.571. The second kappa shape index (κ2) is 4.35. The topological polar surface area (TPSA) is 42.7 Å². The largest absolute Gasteiger partial charge is 0.328 e. The molecule has 2 aromatic rings. The van der Waals surface area contributed by atoms with Crippen molar-refractivity contribution in [2.45, 2.75) is 38.6 Å². The maximum absolute atomic E-state index is 4.87. The highest BCUT2D eigenvalue weighted by atomic mass is 15.1. The molecule has 0 amide bonds. The molecule has 3 rings (SSSR count). The van der Waals surface area contributed by atoms with Gasteiger partial charge in [0.05, 0.1) is 11.7 Å². The number of rotatable bonds is 3. The fourth-order valence-electron chi connectivity index (χ4n) is 3.10. The van der Waals surface area contributed by atoms with Crippen LogP contribution in [0.1, 0.15) is 32.5 Å². The van der Waals surface area contributed by atoms with E-state index in [1.54, 1.807) is 0 Å². The Hall–Kier alpha value is -1.42. The molecule has 0 radical (unpaired) electrons. The quantitative estimate of drug-likeness (QED) is 0.899. The maximum Gasteiger partial charge on any atom is 0.117 e. The van der Waals surface area contributed by atoms with Gasteiger partial charge in [0.25, 0.3) is 0 Å². The summed E-state index contributed by atoms with van der Waals surface area (Å²) in [5.74, 6) is 1.24. The van der Waals surface area contributed by atoms with E-state index in [-0.39, 0.29) is 5.41 Å². The van der Waals surface area contributed by atoms with Crippen LogP contribution in [0.2, 0.25) is 0 Å². The number of nitrogens with zero attached hydrogens (tertiary/aromatic N) is 3. The molecule has 0 spiro atoms. The van der Waals surface area contributed by atoms with E-state index in [2.05, 4.69) is 34.8 Å². The molecule has 1 saturated heterocycles. The molecule has 3 heterocycles. The van der Waals surface area contributed by atoms with Crippen molar-refractivity contribution < 1.29 is 0 Å². The van der Waals surface area contributed by atoms with E-state index in [1.165, 1.54) is 17.8 Å². The monoisotopic (exact) mass is 244 g/mol. The second-order valence-electron chi connectivity index (χ2n) is 5.10. The molecule has 1 aliphatic heterocycles. The molecule has 1 unspecified atom stereocenters. The third-order valence-corrected chi connectivity index (χ3v) is 4.26. The van der Waals surface area contributed by atoms with Gasteiger partial charge in [0, 0.05) is 24.7 Å². The van der Waals surface area contributed by atoms with Crippen molar-refractivity contribution in [3.63, 3.8) is 0 Å². The summed E-state index contributed by atoms with van der Waals surface area (Å²) in [6.45, 7) is 7.57. The lowest BCUT2D eigenvalue weighted by atomic mass is 9.83. The Labute approximate surface area is 107 Å². The number of hydrogen-bond acceptors (Lipinski definition) is 3. The zero-order valence-electron chi connectivity index (χ0n) is 11.1. The zero-order chi connectivity index (χ0) is 12.6. The highest BCUT2D eigenvalue weighted by Gasteiger charge is 2.38. The van der Waals surface area contributed by atoms with Gasteiger partial charge in [-0.05, 0) is 32.4 Å². The lowest BCUT2D eigenvalue weighted by Gasteiger charge is -2.26. The normalized spacial score (nSPS) is 23.9. The standard InChI is InChI=1S/C14H20N4/c1-3-14(6-8-16-10-14)13-17-11-9-15-7-5-12(11)18(13)4-2/h5,7,9,16H,3-4,6,8,10H2,1-2H3. The molecule has 1 atom stereocenters. The summed E-state index contributed by atoms with van der Waals surface area (Å²) in [6.07, 6.45) is 6.04. The van der Waals surface area contributed by atoms with E-state index in [4.69, 9.17) is 4.98 Å². The third-order valence-electron chi connectivity index (χ3n) is 4.26. The van der Waals surface area contributed by atoms with Gasteiger partial charge in [0.2, 0.25) is 0 Å². The van der Waals surface area contributed by atoms with E-state index < -0.39 is 0 Å². The molecule has 1 aliphatic rings. The first-order chi connectivity index (χ1) is 8.80. The first-order valence-electron chi connectivity index (χ1n) is 6.82. The van der Waals surface area contributed by atoms with Gasteiger partial charge in [0.15, 0.2) is 0 Å². The third kappa shape index (κ3) is 1.56. The summed E-state index contributed by atoms with van der Waals surface area (Å²) in [4.78, 5) is 9.05. The predicted octanol–water partition coefficient (Wildman–Crippen LogP) is 2.09. The SMILES string of the molecule is CCn1c(C2(CC)CCNC2)nc2cnccc21. The number of aromatic nitrogens is 3. The highest BCUT2D eigenvalue weighted by Crippen LogP contribution is 2.35. The minimum atomic E-state index is 0.203. The fourth-order valence-corrected chi connectivity index (χ4v) is 3.10. The van der Waals surface area contributed by atoms with Gasteiger partial charge in [-0.15, -0.1) is 0 Å². The zero-order valence-corrected chi connectivity index (χ0v) is 11.1. The Bertz CT molecular complexity index is 552. The van der Waals surface area contributed by atoms with Crippen molar-refractivity contribution >= 4 is 11.0 Å². The van der Waals surface area contributed by atoms with Crippen LogP contribution in [0.5, 0.6) is 0 Å². The van der Waals surface area contributed by atoms with Crippen molar-refractivity contribution in [1.82, 2.24) is 19.9 Å². The van der Waals surface area contributed by atoms with Gasteiger partial charge in [-0.3, -0.25) is 4.98 Å². The van der Waals surface area contributed by atoms with E-state index in [9.17, 15) is 0 Å². The van der Waals surface area contributed by atoms with Crippen molar-refractivity contribution in [3.05, 3.63) is 24.3 Å². The number of hydrogen-bond donors (Lipinski definition) is 1. The molecule has 4 heteroatoms. The van der Waals surface area contributed by atoms with Gasteiger partial charge in [-0.25, -0.2) is 4.98 Å². The first kappa shape index (κ1) is 11.7. The van der Waals surface area contributed by atoms with Gasteiger partial charge in [-0.2, -0.15) is 0 Å². The van der Waals surface area contributed by atoms with Crippen molar-refractivity contribution in [1.29, 1.82) is 0 Å². The van der Waals surface area contributed by atoms with E-state index in [1.807, 2.05) is 12.4 Å². The molecule has 1 N–H and O–H groups in total. The number of fused-ring (bicyclic) bond motifs is 1. The van der Waals surface area contributed by atoms with Gasteiger partial charge < -0.3 is 9.88 Å². The molecule has 2 aromatic heterocycles. The smallest absolute Gasteiger partial charge is 0.117 e. The van der Waals surface area contributed by atoms with Crippen LogP contribution in [0.4, 0.5) is 0 Å². The van der Waals surface area contributed by atoms with Crippen molar-refractivity contribution in [2.75, 3.05) is 13.1 Å². The van der Waals surface area contributed by atoms with E-state index in [0.717, 1.165) is 31.6 Å². The van der Waals surface area contributed by atoms with Crippen LogP contribution in [-0.4, -0.2) is 27.6 Å². The molecular formula is C14H20N4. The first-order valence-corrected chi connectivity index (χ1v) is 6.82. The molecular weight excluding hydrogens is 224 g/mol. The number of aryl methyl sites for hydroxylation is 1. The summed E-state index contributed by atoms with van der Waals surface area (Å²) in [6, 6.07) is 2.07. The van der Waals surface area contributed by atoms with Crippen molar-refractivity contribution in [2.24, 2.45) is 0 Å². The molecule has 0 aromatic carbocycles. The molecule has 4 nitrogen and oxygen atoms in total. The van der Waals surface area contributed by atoms with Crippen LogP contribution in [0.25, 0.3) is 11.0 Å². The lowest BCUT2D eigenvalue weighted by molar-refractivity contribution is 0.408. The Morgan fingerprint density at radius 1 is 1.44 bits per heavy atom. The van der Waals surface area contributed by atoms with Gasteiger partial charge in [0.1, 0.15) is 11.3 Å². The average molecular weight is 244 g/mol. The molecule has 0 saturated carbocycles. The summed E-state index contributed by atoms with van der Waals surface area (Å²) in [5.41, 5.74) is 2.44. The van der Waals surface area contributed by atoms with Crippen LogP contribution in [0.15, 0.2) is 18.5 Å². The Morgan fingerprint density at radius 2 is 2.33 bits per heavy atom. The molecule has 1 fully saturated rings. The summed E-state index contributed by atoms with van der Waals surface area (Å²) in [5, 5.41) is 3.49. The van der Waals surface area contributed by atoms with Crippen LogP contribution in [0, 0.1) is 0 Å². The van der Waals surface area contributed by atoms with Crippen molar-refractivity contribution in [3.8, 4) is 0 Å². The lowest BCUT2D eigenvalue weighted by Crippen LogP contribution is -2.31. The Morgan fingerprint density at radius 3 is 3.00 bits per heavy atom. The number of pyridine rings is 1. The molecule has 0 bridgehead atoms. The number of imidazole rings is 1. The summed E-state index contributed by atoms with van der Waals surface area (Å²) < 4.78 is 2.35. The average Bonchev–Trinajstić information content (AvgIpc) is 3.03. The van der Waals surface area contributed by atoms with Crippen LogP contribution < -0.4 is 5.32 Å². The van der Waals surface area contributed by atoms with Crippen LogP contribution in [-0.2, 0) is 12.0 Å². The predicted molar refractivity (Wildman–Crippen MR) is 72.7 cm³/mol. The molecule has 18 heavy (non-hydrogen) atoms. The van der Waals surface area contributed by atoms with E-state index in [0.29, 0.717) is 0 Å². The number of nitrogens with one attached hydrogen (secondary N) is 1. The van der Waals surface area contributed by atoms with Gasteiger partial charge in [-0.1, -0.05) is 6.92 Å². The minimum Gasteiger partial charge on any atom is -0.328 e. The summed E-state index contributed by atoms with van der Waals surface area (Å²) in [7, 11) is 0.